The number of aromatic nitrogens is 3. The average molecular weight is 281 g/mol. The number of H-pyrrole nitrogens is 1. The van der Waals surface area contributed by atoms with Crippen molar-refractivity contribution in [3.63, 3.8) is 0 Å². The molecule has 0 spiro atoms. The molecule has 3 rings (SSSR count). The molecule has 106 valence electrons. The first kappa shape index (κ1) is 13.1. The van der Waals surface area contributed by atoms with E-state index in [4.69, 9.17) is 5.73 Å². The molecule has 6 nitrogen and oxygen atoms in total. The number of anilines is 1. The van der Waals surface area contributed by atoms with Crippen LogP contribution < -0.4 is 11.1 Å². The number of pyridine rings is 1. The molecule has 21 heavy (non-hydrogen) atoms. The highest BCUT2D eigenvalue weighted by molar-refractivity contribution is 6.05. The molecular formula is C15H15N5O. The van der Waals surface area contributed by atoms with Gasteiger partial charge in [-0.25, -0.2) is 0 Å². The Labute approximate surface area is 121 Å². The Balaban J connectivity index is 1.81. The van der Waals surface area contributed by atoms with E-state index in [1.807, 2.05) is 19.1 Å². The summed E-state index contributed by atoms with van der Waals surface area (Å²) in [7, 11) is 0. The van der Waals surface area contributed by atoms with Crippen LogP contribution in [0.3, 0.4) is 0 Å². The molecule has 0 aliphatic carbocycles. The first-order valence-corrected chi connectivity index (χ1v) is 6.56. The van der Waals surface area contributed by atoms with Crippen LogP contribution >= 0.6 is 0 Å². The largest absolute Gasteiger partial charge is 0.399 e. The Morgan fingerprint density at radius 1 is 1.38 bits per heavy atom. The van der Waals surface area contributed by atoms with E-state index in [-0.39, 0.29) is 5.91 Å². The fraction of sp³-hybridized carbons (Fsp3) is 0.133. The average Bonchev–Trinajstić information content (AvgIpc) is 2.89. The summed E-state index contributed by atoms with van der Waals surface area (Å²) in [6, 6.07) is 7.20. The molecule has 0 bridgehead atoms. The van der Waals surface area contributed by atoms with E-state index in [0.717, 1.165) is 22.0 Å². The van der Waals surface area contributed by atoms with E-state index < -0.39 is 0 Å². The number of nitrogens with zero attached hydrogens (tertiary/aromatic N) is 2. The van der Waals surface area contributed by atoms with Gasteiger partial charge in [-0.2, -0.15) is 5.10 Å². The second-order valence-corrected chi connectivity index (χ2v) is 4.86. The third kappa shape index (κ3) is 2.55. The third-order valence-electron chi connectivity index (χ3n) is 3.38. The maximum Gasteiger partial charge on any atom is 0.272 e. The summed E-state index contributed by atoms with van der Waals surface area (Å²) in [4.78, 5) is 16.3. The van der Waals surface area contributed by atoms with E-state index in [1.54, 1.807) is 24.5 Å². The number of rotatable bonds is 3. The van der Waals surface area contributed by atoms with Crippen LogP contribution in [0.4, 0.5) is 5.69 Å². The normalized spacial score (nSPS) is 10.7. The Hall–Kier alpha value is -2.89. The summed E-state index contributed by atoms with van der Waals surface area (Å²) < 4.78 is 0. The highest BCUT2D eigenvalue weighted by Crippen LogP contribution is 2.19. The van der Waals surface area contributed by atoms with Crippen molar-refractivity contribution in [2.45, 2.75) is 13.5 Å². The number of benzene rings is 1. The van der Waals surface area contributed by atoms with Crippen LogP contribution in [0.25, 0.3) is 10.9 Å². The van der Waals surface area contributed by atoms with Crippen molar-refractivity contribution in [1.29, 1.82) is 0 Å². The predicted molar refractivity (Wildman–Crippen MR) is 80.7 cm³/mol. The number of aromatic amines is 1. The second kappa shape index (κ2) is 5.24. The Bertz CT molecular complexity index is 809. The number of nitrogen functional groups attached to an aromatic ring is 1. The number of hydrogen-bond acceptors (Lipinski definition) is 4. The van der Waals surface area contributed by atoms with Crippen molar-refractivity contribution in [2.24, 2.45) is 0 Å². The molecule has 0 aliphatic rings. The maximum atomic E-state index is 12.3. The fourth-order valence-electron chi connectivity index (χ4n) is 2.16. The number of amides is 1. The van der Waals surface area contributed by atoms with Crippen molar-refractivity contribution in [2.75, 3.05) is 5.73 Å². The fourth-order valence-corrected chi connectivity index (χ4v) is 2.16. The number of nitrogens with one attached hydrogen (secondary N) is 2. The molecule has 0 aliphatic heterocycles. The van der Waals surface area contributed by atoms with Crippen molar-refractivity contribution in [3.8, 4) is 0 Å². The van der Waals surface area contributed by atoms with E-state index in [9.17, 15) is 4.79 Å². The van der Waals surface area contributed by atoms with E-state index in [2.05, 4.69) is 20.5 Å². The van der Waals surface area contributed by atoms with Crippen LogP contribution in [0.2, 0.25) is 0 Å². The van der Waals surface area contributed by atoms with Gasteiger partial charge in [-0.05, 0) is 42.3 Å². The number of aryl methyl sites for hydroxylation is 1. The molecule has 6 heteroatoms. The van der Waals surface area contributed by atoms with Gasteiger partial charge in [0, 0.05) is 30.0 Å². The minimum atomic E-state index is -0.233. The number of nitrogens with two attached hydrogens (primary N) is 1. The Kier molecular flexibility index (Phi) is 3.27. The molecule has 0 unspecified atom stereocenters. The maximum absolute atomic E-state index is 12.3. The Morgan fingerprint density at radius 3 is 3.05 bits per heavy atom. The predicted octanol–water partition coefficient (Wildman–Crippen LogP) is 1.78. The number of carbonyl (C=O) groups is 1. The molecule has 0 atom stereocenters. The lowest BCUT2D eigenvalue weighted by atomic mass is 10.1. The van der Waals surface area contributed by atoms with Crippen molar-refractivity contribution in [3.05, 3.63) is 53.5 Å². The Morgan fingerprint density at radius 2 is 2.24 bits per heavy atom. The zero-order chi connectivity index (χ0) is 14.8. The zero-order valence-corrected chi connectivity index (χ0v) is 11.6. The van der Waals surface area contributed by atoms with Crippen LogP contribution in [0.1, 0.15) is 21.6 Å². The van der Waals surface area contributed by atoms with E-state index in [0.29, 0.717) is 17.9 Å². The van der Waals surface area contributed by atoms with Crippen LogP contribution in [-0.2, 0) is 6.54 Å². The molecule has 1 aromatic carbocycles. The lowest BCUT2D eigenvalue weighted by Gasteiger charge is -2.06. The molecule has 2 heterocycles. The summed E-state index contributed by atoms with van der Waals surface area (Å²) in [6.07, 6.45) is 3.48. The van der Waals surface area contributed by atoms with Crippen LogP contribution in [0, 0.1) is 6.92 Å². The van der Waals surface area contributed by atoms with Crippen LogP contribution in [0.5, 0.6) is 0 Å². The number of fused-ring (bicyclic) bond motifs is 1. The summed E-state index contributed by atoms with van der Waals surface area (Å²) in [5, 5.41) is 10.5. The minimum Gasteiger partial charge on any atom is -0.399 e. The van der Waals surface area contributed by atoms with E-state index in [1.165, 1.54) is 0 Å². The number of hydrogen-bond donors (Lipinski definition) is 3. The molecule has 3 aromatic rings. The highest BCUT2D eigenvalue weighted by Gasteiger charge is 2.14. The molecule has 0 radical (unpaired) electrons. The molecule has 1 amide bonds. The van der Waals surface area contributed by atoms with Gasteiger partial charge in [0.1, 0.15) is 0 Å². The highest BCUT2D eigenvalue weighted by atomic mass is 16.1. The topological polar surface area (TPSA) is 96.7 Å². The zero-order valence-electron chi connectivity index (χ0n) is 11.6. The van der Waals surface area contributed by atoms with Crippen LogP contribution in [0.15, 0.2) is 36.7 Å². The standard InChI is InChI=1S/C15H15N5O/c1-9-7-17-5-4-10(9)8-18-15(21)14-12-6-11(16)2-3-13(12)19-20-14/h2-7H,8,16H2,1H3,(H,18,21)(H,19,20). The first-order valence-electron chi connectivity index (χ1n) is 6.56. The SMILES string of the molecule is Cc1cnccc1CNC(=O)c1n[nH]c2ccc(N)cc12. The van der Waals surface area contributed by atoms with Gasteiger partial charge in [-0.3, -0.25) is 14.9 Å². The molecule has 0 saturated heterocycles. The van der Waals surface area contributed by atoms with Gasteiger partial charge in [0.05, 0.1) is 5.52 Å². The van der Waals surface area contributed by atoms with Gasteiger partial charge in [0.15, 0.2) is 5.69 Å². The molecular weight excluding hydrogens is 266 g/mol. The van der Waals surface area contributed by atoms with E-state index >= 15 is 0 Å². The molecule has 4 N–H and O–H groups in total. The molecule has 0 fully saturated rings. The van der Waals surface area contributed by atoms with Crippen LogP contribution in [-0.4, -0.2) is 21.1 Å². The minimum absolute atomic E-state index is 0.233. The van der Waals surface area contributed by atoms with Gasteiger partial charge in [-0.15, -0.1) is 0 Å². The van der Waals surface area contributed by atoms with Gasteiger partial charge >= 0.3 is 0 Å². The summed E-state index contributed by atoms with van der Waals surface area (Å²) >= 11 is 0. The van der Waals surface area contributed by atoms with Crippen molar-refractivity contribution in [1.82, 2.24) is 20.5 Å². The van der Waals surface area contributed by atoms with Gasteiger partial charge in [0.2, 0.25) is 0 Å². The van der Waals surface area contributed by atoms with Gasteiger partial charge < -0.3 is 11.1 Å². The van der Waals surface area contributed by atoms with Crippen molar-refractivity contribution >= 4 is 22.5 Å². The van der Waals surface area contributed by atoms with Crippen molar-refractivity contribution < 1.29 is 4.79 Å². The van der Waals surface area contributed by atoms with Gasteiger partial charge in [0.25, 0.3) is 5.91 Å². The van der Waals surface area contributed by atoms with Gasteiger partial charge in [-0.1, -0.05) is 0 Å². The summed E-state index contributed by atoms with van der Waals surface area (Å²) in [6.45, 7) is 2.39. The molecule has 0 saturated carbocycles. The lowest BCUT2D eigenvalue weighted by Crippen LogP contribution is -2.23. The first-order chi connectivity index (χ1) is 10.1. The summed E-state index contributed by atoms with van der Waals surface area (Å²) in [5.41, 5.74) is 9.56. The second-order valence-electron chi connectivity index (χ2n) is 4.86. The monoisotopic (exact) mass is 281 g/mol. The summed E-state index contributed by atoms with van der Waals surface area (Å²) in [5.74, 6) is -0.233. The lowest BCUT2D eigenvalue weighted by molar-refractivity contribution is 0.0947. The quantitative estimate of drug-likeness (QED) is 0.637. The molecule has 2 aromatic heterocycles. The smallest absolute Gasteiger partial charge is 0.272 e. The third-order valence-corrected chi connectivity index (χ3v) is 3.38. The number of carbonyl (C=O) groups excluding carboxylic acids is 1.